The normalized spacial score (nSPS) is 14.9. The van der Waals surface area contributed by atoms with Crippen molar-refractivity contribution in [3.8, 4) is 5.75 Å². The van der Waals surface area contributed by atoms with Crippen LogP contribution in [0.1, 0.15) is 35.0 Å². The highest BCUT2D eigenvalue weighted by atomic mass is 32.1. The van der Waals surface area contributed by atoms with Gasteiger partial charge in [-0.15, -0.1) is 11.3 Å². The minimum atomic E-state index is -3.87. The smallest absolute Gasteiger partial charge is 0.355 e. The molecule has 2 aromatic carbocycles. The summed E-state index contributed by atoms with van der Waals surface area (Å²) < 4.78 is 35.1. The number of aldehydes is 1. The molecule has 0 radical (unpaired) electrons. The van der Waals surface area contributed by atoms with Crippen molar-refractivity contribution in [3.05, 3.63) is 65.0 Å². The molecule has 0 saturated heterocycles. The van der Waals surface area contributed by atoms with Gasteiger partial charge in [0.1, 0.15) is 5.75 Å². The summed E-state index contributed by atoms with van der Waals surface area (Å²) in [6.45, 7) is 3.57. The maximum absolute atomic E-state index is 15.3. The van der Waals surface area contributed by atoms with E-state index in [-0.39, 0.29) is 11.6 Å². The van der Waals surface area contributed by atoms with Crippen LogP contribution in [-0.2, 0) is 4.57 Å². The molecule has 0 fully saturated rings. The van der Waals surface area contributed by atoms with Gasteiger partial charge in [-0.2, -0.15) is 0 Å². The second-order valence-electron chi connectivity index (χ2n) is 6.18. The van der Waals surface area contributed by atoms with Crippen molar-refractivity contribution >= 4 is 35.2 Å². The van der Waals surface area contributed by atoms with Crippen molar-refractivity contribution < 1.29 is 18.3 Å². The summed E-state index contributed by atoms with van der Waals surface area (Å²) in [5.41, 5.74) is 0.250. The minimum Gasteiger partial charge on any atom is -0.431 e. The lowest BCUT2D eigenvalue weighted by molar-refractivity contribution is 0.112. The Morgan fingerprint density at radius 1 is 1.15 bits per heavy atom. The first-order chi connectivity index (χ1) is 12.4. The van der Waals surface area contributed by atoms with E-state index in [1.807, 2.05) is 0 Å². The Bertz CT molecular complexity index is 958. The fraction of sp³-hybridized carbons (Fsp3) is 0.211. The number of alkyl halides is 1. The Kier molecular flexibility index (Phi) is 5.56. The molecule has 1 heterocycles. The number of nitrogens with one attached hydrogen (secondary N) is 1. The zero-order chi connectivity index (χ0) is 18.7. The molecule has 1 aromatic heterocycles. The number of hydrogen-bond donors (Lipinski definition) is 1. The predicted molar refractivity (Wildman–Crippen MR) is 104 cm³/mol. The van der Waals surface area contributed by atoms with Crippen molar-refractivity contribution in [1.82, 2.24) is 5.09 Å². The topological polar surface area (TPSA) is 55.4 Å². The first kappa shape index (κ1) is 18.8. The number of benzene rings is 2. The number of hydrogen-bond acceptors (Lipinski definition) is 4. The molecule has 0 aliphatic carbocycles. The zero-order valence-electron chi connectivity index (χ0n) is 14.4. The number of para-hydroxylation sites is 1. The first-order valence-corrected chi connectivity index (χ1v) is 10.7. The standard InChI is InChI=1S/C19H19FNO3PS/c1-13(2)21-25(23,24-16-6-4-3-5-7-16)19(20)14-8-9-18-15(10-14)11-17(12-22)26-18/h3-13,19H,1-2H3,(H,21,23). The molecular formula is C19H19FNO3PS. The van der Waals surface area contributed by atoms with Crippen LogP contribution < -0.4 is 9.61 Å². The molecule has 0 saturated carbocycles. The molecule has 26 heavy (non-hydrogen) atoms. The third-order valence-electron chi connectivity index (χ3n) is 3.67. The highest BCUT2D eigenvalue weighted by Crippen LogP contribution is 2.57. The Morgan fingerprint density at radius 2 is 1.88 bits per heavy atom. The number of fused-ring (bicyclic) bond motifs is 1. The second-order valence-corrected chi connectivity index (χ2v) is 9.39. The van der Waals surface area contributed by atoms with E-state index in [2.05, 4.69) is 5.09 Å². The molecule has 3 rings (SSSR count). The molecule has 2 unspecified atom stereocenters. The van der Waals surface area contributed by atoms with Gasteiger partial charge in [0.15, 0.2) is 6.29 Å². The molecule has 0 spiro atoms. The lowest BCUT2D eigenvalue weighted by atomic mass is 10.2. The quantitative estimate of drug-likeness (QED) is 0.399. The molecule has 1 N–H and O–H groups in total. The van der Waals surface area contributed by atoms with E-state index in [9.17, 15) is 9.36 Å². The molecule has 3 aromatic rings. The largest absolute Gasteiger partial charge is 0.431 e. The summed E-state index contributed by atoms with van der Waals surface area (Å²) >= 11 is 1.33. The van der Waals surface area contributed by atoms with Crippen LogP contribution in [0.3, 0.4) is 0 Å². The Labute approximate surface area is 155 Å². The summed E-state index contributed by atoms with van der Waals surface area (Å²) in [5, 5.41) is 3.52. The van der Waals surface area contributed by atoms with Crippen LogP contribution in [0, 0.1) is 0 Å². The highest BCUT2D eigenvalue weighted by Gasteiger charge is 2.38. The summed E-state index contributed by atoms with van der Waals surface area (Å²) in [6.07, 6.45) is 0.765. The summed E-state index contributed by atoms with van der Waals surface area (Å²) in [6, 6.07) is 15.0. The molecule has 0 bridgehead atoms. The van der Waals surface area contributed by atoms with Gasteiger partial charge in [0.2, 0.25) is 5.91 Å². The maximum Gasteiger partial charge on any atom is 0.355 e. The number of carbonyl (C=O) groups excluding carboxylic acids is 1. The number of carbonyl (C=O) groups is 1. The Balaban J connectivity index is 1.97. The lowest BCUT2D eigenvalue weighted by Crippen LogP contribution is -2.24. The summed E-state index contributed by atoms with van der Waals surface area (Å²) in [5.74, 6) is -1.50. The third kappa shape index (κ3) is 4.04. The predicted octanol–water partition coefficient (Wildman–Crippen LogP) is 5.95. The number of halogens is 1. The van der Waals surface area contributed by atoms with Crippen LogP contribution in [0.5, 0.6) is 5.75 Å². The fourth-order valence-electron chi connectivity index (χ4n) is 2.62. The van der Waals surface area contributed by atoms with Crippen molar-refractivity contribution in [3.63, 3.8) is 0 Å². The van der Waals surface area contributed by atoms with Gasteiger partial charge in [-0.05, 0) is 55.1 Å². The van der Waals surface area contributed by atoms with Crippen LogP contribution in [-0.4, -0.2) is 12.3 Å². The molecule has 0 aliphatic heterocycles. The lowest BCUT2D eigenvalue weighted by Gasteiger charge is -2.25. The molecule has 136 valence electrons. The number of thiophene rings is 1. The summed E-state index contributed by atoms with van der Waals surface area (Å²) in [4.78, 5) is 11.5. The van der Waals surface area contributed by atoms with Crippen molar-refractivity contribution in [2.45, 2.75) is 25.8 Å². The Morgan fingerprint density at radius 3 is 2.54 bits per heavy atom. The fourth-order valence-corrected chi connectivity index (χ4v) is 5.46. The van der Waals surface area contributed by atoms with Gasteiger partial charge in [0.05, 0.1) is 4.88 Å². The van der Waals surface area contributed by atoms with E-state index in [0.29, 0.717) is 10.6 Å². The van der Waals surface area contributed by atoms with E-state index in [1.54, 1.807) is 68.4 Å². The monoisotopic (exact) mass is 391 g/mol. The number of rotatable bonds is 7. The van der Waals surface area contributed by atoms with Crippen molar-refractivity contribution in [1.29, 1.82) is 0 Å². The van der Waals surface area contributed by atoms with Crippen LogP contribution >= 0.6 is 18.9 Å². The van der Waals surface area contributed by atoms with Crippen LogP contribution in [0.2, 0.25) is 0 Å². The van der Waals surface area contributed by atoms with Crippen molar-refractivity contribution in [2.24, 2.45) is 0 Å². The van der Waals surface area contributed by atoms with Gasteiger partial charge in [0, 0.05) is 10.7 Å². The second kappa shape index (κ2) is 7.70. The molecule has 2 atom stereocenters. The maximum atomic E-state index is 15.3. The van der Waals surface area contributed by atoms with E-state index >= 15 is 4.39 Å². The SMILES string of the molecule is CC(C)NP(=O)(Oc1ccccc1)C(F)c1ccc2sc(C=O)cc2c1. The van der Waals surface area contributed by atoms with E-state index in [0.717, 1.165) is 16.4 Å². The van der Waals surface area contributed by atoms with E-state index in [4.69, 9.17) is 4.52 Å². The molecule has 4 nitrogen and oxygen atoms in total. The van der Waals surface area contributed by atoms with Gasteiger partial charge in [-0.3, -0.25) is 9.36 Å². The van der Waals surface area contributed by atoms with Gasteiger partial charge in [0.25, 0.3) is 0 Å². The molecule has 0 aliphatic rings. The molecule has 7 heteroatoms. The zero-order valence-corrected chi connectivity index (χ0v) is 16.1. The van der Waals surface area contributed by atoms with Crippen LogP contribution in [0.25, 0.3) is 10.1 Å². The highest BCUT2D eigenvalue weighted by molar-refractivity contribution is 7.57. The van der Waals surface area contributed by atoms with E-state index in [1.165, 1.54) is 11.3 Å². The average Bonchev–Trinajstić information content (AvgIpc) is 3.03. The molecular weight excluding hydrogens is 372 g/mol. The summed E-state index contributed by atoms with van der Waals surface area (Å²) in [7, 11) is -3.87. The Hall–Kier alpha value is -2.01. The van der Waals surface area contributed by atoms with Gasteiger partial charge >= 0.3 is 7.52 Å². The third-order valence-corrected chi connectivity index (χ3v) is 6.97. The van der Waals surface area contributed by atoms with Crippen LogP contribution in [0.4, 0.5) is 4.39 Å². The van der Waals surface area contributed by atoms with E-state index < -0.39 is 13.4 Å². The first-order valence-electron chi connectivity index (χ1n) is 8.16. The minimum absolute atomic E-state index is 0.227. The van der Waals surface area contributed by atoms with Crippen molar-refractivity contribution in [2.75, 3.05) is 0 Å². The van der Waals surface area contributed by atoms with Gasteiger partial charge < -0.3 is 4.52 Å². The van der Waals surface area contributed by atoms with Gasteiger partial charge in [-0.1, -0.05) is 24.3 Å². The van der Waals surface area contributed by atoms with Gasteiger partial charge in [-0.25, -0.2) is 9.48 Å². The average molecular weight is 391 g/mol. The molecule has 0 amide bonds. The van der Waals surface area contributed by atoms with Crippen LogP contribution in [0.15, 0.2) is 54.6 Å².